The van der Waals surface area contributed by atoms with Crippen molar-refractivity contribution in [3.63, 3.8) is 0 Å². The first-order chi connectivity index (χ1) is 7.59. The number of rotatable bonds is 3. The van der Waals surface area contributed by atoms with Crippen molar-refractivity contribution in [1.29, 1.82) is 0 Å². The smallest absolute Gasteiger partial charge is 0.299 e. The van der Waals surface area contributed by atoms with Gasteiger partial charge in [0.2, 0.25) is 0 Å². The lowest BCUT2D eigenvalue weighted by molar-refractivity contribution is 0.0875. The van der Waals surface area contributed by atoms with Crippen molar-refractivity contribution in [3.05, 3.63) is 12.4 Å². The van der Waals surface area contributed by atoms with Crippen LogP contribution >= 0.6 is 0 Å². The van der Waals surface area contributed by atoms with Crippen molar-refractivity contribution in [2.75, 3.05) is 17.5 Å². The second-order valence-electron chi connectivity index (χ2n) is 3.64. The third-order valence-electron chi connectivity index (χ3n) is 2.53. The van der Waals surface area contributed by atoms with Crippen molar-refractivity contribution in [2.45, 2.75) is 18.9 Å². The molecule has 0 aliphatic carbocycles. The lowest BCUT2D eigenvalue weighted by Gasteiger charge is -2.32. The van der Waals surface area contributed by atoms with Gasteiger partial charge in [-0.1, -0.05) is 0 Å². The molecule has 0 radical (unpaired) electrons. The fourth-order valence-corrected chi connectivity index (χ4v) is 2.87. The Labute approximate surface area is 93.8 Å². The molecule has 0 atom stereocenters. The van der Waals surface area contributed by atoms with E-state index < -0.39 is 10.2 Å². The van der Waals surface area contributed by atoms with Crippen LogP contribution in [0, 0.1) is 0 Å². The van der Waals surface area contributed by atoms with Crippen LogP contribution in [0.3, 0.4) is 0 Å². The van der Waals surface area contributed by atoms with Crippen LogP contribution in [0.25, 0.3) is 0 Å². The van der Waals surface area contributed by atoms with Crippen molar-refractivity contribution in [2.24, 2.45) is 5.14 Å². The first kappa shape index (κ1) is 11.4. The lowest BCUT2D eigenvalue weighted by Crippen LogP contribution is -2.46. The molecule has 90 valence electrons. The summed E-state index contributed by atoms with van der Waals surface area (Å²) in [5, 5.41) is 11.5. The van der Waals surface area contributed by atoms with E-state index in [0.717, 1.165) is 0 Å². The Bertz CT molecular complexity index is 424. The lowest BCUT2D eigenvalue weighted by atomic mass is 10.1. The van der Waals surface area contributed by atoms with Crippen molar-refractivity contribution in [1.82, 2.24) is 10.2 Å². The molecule has 1 aliphatic rings. The number of nitrogens with zero attached hydrogens (tertiary/aromatic N) is 2. The van der Waals surface area contributed by atoms with E-state index in [4.69, 9.17) is 9.88 Å². The summed E-state index contributed by atoms with van der Waals surface area (Å²) in [7, 11) is -3.77. The molecular formula is C8H14N4O3S. The van der Waals surface area contributed by atoms with Gasteiger partial charge in [0, 0.05) is 19.4 Å². The van der Waals surface area contributed by atoms with E-state index in [-0.39, 0.29) is 6.04 Å². The second-order valence-corrected chi connectivity index (χ2v) is 5.06. The van der Waals surface area contributed by atoms with Crippen LogP contribution in [-0.2, 0) is 14.9 Å². The Morgan fingerprint density at radius 3 is 2.69 bits per heavy atom. The molecule has 16 heavy (non-hydrogen) atoms. The SMILES string of the molecule is NS(=O)(=O)N(c1cn[nH]c1)C1CCOCC1. The summed E-state index contributed by atoms with van der Waals surface area (Å²) < 4.78 is 29.5. The van der Waals surface area contributed by atoms with E-state index in [1.807, 2.05) is 0 Å². The summed E-state index contributed by atoms with van der Waals surface area (Å²) >= 11 is 0. The molecule has 1 aliphatic heterocycles. The van der Waals surface area contributed by atoms with Crippen LogP contribution in [0.5, 0.6) is 0 Å². The summed E-state index contributed by atoms with van der Waals surface area (Å²) in [5.74, 6) is 0. The molecule has 0 spiro atoms. The molecule has 8 heteroatoms. The number of hydrogen-bond acceptors (Lipinski definition) is 4. The molecule has 1 fully saturated rings. The van der Waals surface area contributed by atoms with Crippen LogP contribution in [0.1, 0.15) is 12.8 Å². The zero-order valence-corrected chi connectivity index (χ0v) is 9.48. The standard InChI is InChI=1S/C8H14N4O3S/c9-16(13,14)12(8-5-10-11-6-8)7-1-3-15-4-2-7/h5-7H,1-4H2,(H,10,11)(H2,9,13,14). The molecule has 2 rings (SSSR count). The molecule has 0 aromatic carbocycles. The number of H-pyrrole nitrogens is 1. The van der Waals surface area contributed by atoms with Gasteiger partial charge in [-0.05, 0) is 12.8 Å². The van der Waals surface area contributed by atoms with Crippen LogP contribution in [0.2, 0.25) is 0 Å². The Hall–Kier alpha value is -1.12. The van der Waals surface area contributed by atoms with Crippen LogP contribution in [-0.4, -0.2) is 37.9 Å². The number of hydrogen-bond donors (Lipinski definition) is 2. The van der Waals surface area contributed by atoms with Crippen molar-refractivity contribution >= 4 is 15.9 Å². The predicted octanol–water partition coefficient (Wildman–Crippen LogP) is -0.401. The topological polar surface area (TPSA) is 101 Å². The molecule has 1 aromatic rings. The molecular weight excluding hydrogens is 232 g/mol. The minimum Gasteiger partial charge on any atom is -0.381 e. The third-order valence-corrected chi connectivity index (χ3v) is 3.59. The largest absolute Gasteiger partial charge is 0.381 e. The van der Waals surface area contributed by atoms with Gasteiger partial charge in [0.15, 0.2) is 0 Å². The minimum absolute atomic E-state index is 0.152. The normalized spacial score (nSPS) is 18.6. The van der Waals surface area contributed by atoms with Crippen LogP contribution < -0.4 is 9.44 Å². The van der Waals surface area contributed by atoms with Gasteiger partial charge in [0.1, 0.15) is 0 Å². The number of anilines is 1. The second kappa shape index (κ2) is 4.40. The highest BCUT2D eigenvalue weighted by Gasteiger charge is 2.29. The minimum atomic E-state index is -3.77. The van der Waals surface area contributed by atoms with Gasteiger partial charge < -0.3 is 4.74 Å². The van der Waals surface area contributed by atoms with E-state index in [9.17, 15) is 8.42 Å². The number of nitrogens with one attached hydrogen (secondary N) is 1. The average Bonchev–Trinajstić information content (AvgIpc) is 2.71. The van der Waals surface area contributed by atoms with Gasteiger partial charge >= 0.3 is 0 Å². The average molecular weight is 246 g/mol. The molecule has 3 N–H and O–H groups in total. The summed E-state index contributed by atoms with van der Waals surface area (Å²) in [6, 6.07) is -0.152. The molecule has 2 heterocycles. The number of nitrogens with two attached hydrogens (primary N) is 1. The summed E-state index contributed by atoms with van der Waals surface area (Å²) in [6.07, 6.45) is 4.24. The van der Waals surface area contributed by atoms with Gasteiger partial charge in [-0.15, -0.1) is 0 Å². The molecule has 0 unspecified atom stereocenters. The predicted molar refractivity (Wildman–Crippen MR) is 58.0 cm³/mol. The van der Waals surface area contributed by atoms with Gasteiger partial charge in [-0.25, -0.2) is 5.14 Å². The fourth-order valence-electron chi connectivity index (χ4n) is 1.85. The first-order valence-electron chi connectivity index (χ1n) is 4.98. The van der Waals surface area contributed by atoms with Crippen molar-refractivity contribution < 1.29 is 13.2 Å². The number of aromatic nitrogens is 2. The van der Waals surface area contributed by atoms with Crippen LogP contribution in [0.15, 0.2) is 12.4 Å². The fraction of sp³-hybridized carbons (Fsp3) is 0.625. The maximum atomic E-state index is 11.6. The van der Waals surface area contributed by atoms with E-state index in [1.54, 1.807) is 0 Å². The van der Waals surface area contributed by atoms with E-state index in [2.05, 4.69) is 10.2 Å². The van der Waals surface area contributed by atoms with Gasteiger partial charge in [0.05, 0.1) is 17.9 Å². The van der Waals surface area contributed by atoms with E-state index >= 15 is 0 Å². The maximum Gasteiger partial charge on any atom is 0.299 e. The molecule has 0 saturated carbocycles. The third kappa shape index (κ3) is 2.34. The zero-order valence-electron chi connectivity index (χ0n) is 8.67. The molecule has 1 saturated heterocycles. The van der Waals surface area contributed by atoms with E-state index in [0.29, 0.717) is 31.7 Å². The monoisotopic (exact) mass is 246 g/mol. The van der Waals surface area contributed by atoms with E-state index in [1.165, 1.54) is 16.7 Å². The molecule has 7 nitrogen and oxygen atoms in total. The number of aromatic amines is 1. The van der Waals surface area contributed by atoms with Gasteiger partial charge in [-0.2, -0.15) is 13.5 Å². The summed E-state index contributed by atoms with van der Waals surface area (Å²) in [5.41, 5.74) is 0.467. The van der Waals surface area contributed by atoms with Crippen molar-refractivity contribution in [3.8, 4) is 0 Å². The Morgan fingerprint density at radius 2 is 2.19 bits per heavy atom. The molecule has 0 amide bonds. The van der Waals surface area contributed by atoms with Gasteiger partial charge in [-0.3, -0.25) is 9.40 Å². The highest BCUT2D eigenvalue weighted by Crippen LogP contribution is 2.23. The Balaban J connectivity index is 2.28. The van der Waals surface area contributed by atoms with Crippen LogP contribution in [0.4, 0.5) is 5.69 Å². The quantitative estimate of drug-likeness (QED) is 0.757. The van der Waals surface area contributed by atoms with Gasteiger partial charge in [0.25, 0.3) is 10.2 Å². The zero-order chi connectivity index (χ0) is 11.6. The summed E-state index contributed by atoms with van der Waals surface area (Å²) in [6.45, 7) is 1.10. The summed E-state index contributed by atoms with van der Waals surface area (Å²) in [4.78, 5) is 0. The highest BCUT2D eigenvalue weighted by atomic mass is 32.2. The Kier molecular flexibility index (Phi) is 3.13. The number of ether oxygens (including phenoxy) is 1. The first-order valence-corrected chi connectivity index (χ1v) is 6.48. The maximum absolute atomic E-state index is 11.6. The Morgan fingerprint density at radius 1 is 1.50 bits per heavy atom. The molecule has 1 aromatic heterocycles. The highest BCUT2D eigenvalue weighted by molar-refractivity contribution is 7.90. The molecule has 0 bridgehead atoms.